The van der Waals surface area contributed by atoms with Crippen LogP contribution in [0.4, 0.5) is 0 Å². The van der Waals surface area contributed by atoms with E-state index < -0.39 is 0 Å². The van der Waals surface area contributed by atoms with Gasteiger partial charge in [-0.2, -0.15) is 4.52 Å². The minimum absolute atomic E-state index is 0.398. The molecule has 2 aromatic heterocycles. The molecule has 3 aromatic rings. The third-order valence-corrected chi connectivity index (χ3v) is 2.48. The van der Waals surface area contributed by atoms with Crippen LogP contribution in [0.15, 0.2) is 36.7 Å². The van der Waals surface area contributed by atoms with Gasteiger partial charge in [-0.05, 0) is 16.5 Å². The summed E-state index contributed by atoms with van der Waals surface area (Å²) in [5.41, 5.74) is 7.09. The number of nitrogens with two attached hydrogens (primary N) is 1. The molecule has 1 aromatic carbocycles. The normalized spacial score (nSPS) is 10.7. The zero-order valence-electron chi connectivity index (χ0n) is 9.39. The highest BCUT2D eigenvalue weighted by molar-refractivity contribution is 5.39. The molecule has 7 heteroatoms. The van der Waals surface area contributed by atoms with Crippen molar-refractivity contribution in [2.75, 3.05) is 0 Å². The Hall–Kier alpha value is -2.54. The maximum atomic E-state index is 5.75. The minimum atomic E-state index is 0.398. The van der Waals surface area contributed by atoms with Crippen LogP contribution in [0.5, 0.6) is 11.6 Å². The predicted molar refractivity (Wildman–Crippen MR) is 63.0 cm³/mol. The molecule has 0 radical (unpaired) electrons. The van der Waals surface area contributed by atoms with E-state index in [9.17, 15) is 0 Å². The van der Waals surface area contributed by atoms with Crippen LogP contribution in [0.1, 0.15) is 5.56 Å². The first-order valence-corrected chi connectivity index (χ1v) is 5.36. The van der Waals surface area contributed by atoms with Crippen molar-refractivity contribution < 1.29 is 4.74 Å². The average Bonchev–Trinajstić information content (AvgIpc) is 2.89. The molecule has 0 aliphatic heterocycles. The van der Waals surface area contributed by atoms with Crippen molar-refractivity contribution in [1.29, 1.82) is 0 Å². The van der Waals surface area contributed by atoms with Crippen molar-refractivity contribution in [2.45, 2.75) is 6.54 Å². The lowest BCUT2D eigenvalue weighted by molar-refractivity contribution is 0.437. The molecule has 0 unspecified atom stereocenters. The first-order valence-electron chi connectivity index (χ1n) is 5.36. The van der Waals surface area contributed by atoms with E-state index in [1.165, 1.54) is 4.52 Å². The van der Waals surface area contributed by atoms with Crippen LogP contribution in [0.3, 0.4) is 0 Å². The summed E-state index contributed by atoms with van der Waals surface area (Å²) in [6.07, 6.45) is 3.11. The first-order chi connectivity index (χ1) is 8.88. The number of para-hydroxylation sites is 1. The highest BCUT2D eigenvalue weighted by Crippen LogP contribution is 2.24. The lowest BCUT2D eigenvalue weighted by Gasteiger charge is -2.09. The van der Waals surface area contributed by atoms with Gasteiger partial charge in [0.15, 0.2) is 0 Å². The van der Waals surface area contributed by atoms with Gasteiger partial charge in [0, 0.05) is 12.1 Å². The molecule has 0 spiro atoms. The Morgan fingerprint density at radius 3 is 3.00 bits per heavy atom. The first kappa shape index (κ1) is 10.6. The van der Waals surface area contributed by atoms with E-state index in [2.05, 4.69) is 20.5 Å². The molecule has 0 amide bonds. The Bertz CT molecular complexity index is 680. The van der Waals surface area contributed by atoms with E-state index >= 15 is 0 Å². The van der Waals surface area contributed by atoms with Gasteiger partial charge < -0.3 is 10.5 Å². The van der Waals surface area contributed by atoms with Crippen LogP contribution >= 0.6 is 0 Å². The summed E-state index contributed by atoms with van der Waals surface area (Å²) in [5.74, 6) is 1.11. The molecule has 0 aliphatic carbocycles. The number of hydrogen-bond acceptors (Lipinski definition) is 6. The second-order valence-electron chi connectivity index (χ2n) is 3.61. The van der Waals surface area contributed by atoms with Gasteiger partial charge in [0.25, 0.3) is 0 Å². The molecule has 90 valence electrons. The summed E-state index contributed by atoms with van der Waals surface area (Å²) in [6, 6.07) is 7.53. The van der Waals surface area contributed by atoms with Crippen LogP contribution in [-0.4, -0.2) is 25.0 Å². The summed E-state index contributed by atoms with van der Waals surface area (Å²) in [4.78, 5) is 4.02. The summed E-state index contributed by atoms with van der Waals surface area (Å²) in [7, 11) is 0. The third kappa shape index (κ3) is 1.76. The average molecular weight is 242 g/mol. The molecule has 2 N–H and O–H groups in total. The molecular weight excluding hydrogens is 232 g/mol. The fraction of sp³-hybridized carbons (Fsp3) is 0.0909. The summed E-state index contributed by atoms with van der Waals surface area (Å²) in [6.45, 7) is 0.398. The van der Waals surface area contributed by atoms with Crippen LogP contribution in [0.25, 0.3) is 5.65 Å². The van der Waals surface area contributed by atoms with Crippen LogP contribution < -0.4 is 10.5 Å². The molecule has 0 atom stereocenters. The van der Waals surface area contributed by atoms with Crippen LogP contribution in [-0.2, 0) is 6.54 Å². The maximum Gasteiger partial charge on any atom is 0.242 e. The number of ether oxygens (including phenoxy) is 1. The van der Waals surface area contributed by atoms with Gasteiger partial charge in [0.2, 0.25) is 11.5 Å². The molecule has 0 saturated carbocycles. The lowest BCUT2D eigenvalue weighted by atomic mass is 10.2. The Labute approximate surface area is 102 Å². The third-order valence-electron chi connectivity index (χ3n) is 2.48. The van der Waals surface area contributed by atoms with Gasteiger partial charge in [0.1, 0.15) is 5.75 Å². The van der Waals surface area contributed by atoms with Gasteiger partial charge in [-0.15, -0.1) is 5.10 Å². The van der Waals surface area contributed by atoms with Crippen molar-refractivity contribution in [3.8, 4) is 11.6 Å². The Kier molecular flexibility index (Phi) is 2.58. The number of benzene rings is 1. The highest BCUT2D eigenvalue weighted by Gasteiger charge is 2.08. The number of fused-ring (bicyclic) bond motifs is 1. The minimum Gasteiger partial charge on any atom is -0.437 e. The molecule has 0 fully saturated rings. The molecular formula is C11H10N6O. The monoisotopic (exact) mass is 242 g/mol. The van der Waals surface area contributed by atoms with Crippen molar-refractivity contribution in [3.63, 3.8) is 0 Å². The van der Waals surface area contributed by atoms with Gasteiger partial charge >= 0.3 is 0 Å². The molecule has 18 heavy (non-hydrogen) atoms. The molecule has 0 bridgehead atoms. The smallest absolute Gasteiger partial charge is 0.242 e. The molecule has 0 aliphatic rings. The van der Waals surface area contributed by atoms with E-state index in [0.717, 1.165) is 5.56 Å². The molecule has 2 heterocycles. The van der Waals surface area contributed by atoms with Crippen LogP contribution in [0, 0.1) is 0 Å². The Balaban J connectivity index is 2.04. The number of rotatable bonds is 3. The largest absolute Gasteiger partial charge is 0.437 e. The number of hydrogen-bond donors (Lipinski definition) is 1. The van der Waals surface area contributed by atoms with E-state index in [0.29, 0.717) is 23.8 Å². The fourth-order valence-electron chi connectivity index (χ4n) is 1.61. The predicted octanol–water partition coefficient (Wildman–Crippen LogP) is 0.770. The van der Waals surface area contributed by atoms with Gasteiger partial charge in [-0.3, -0.25) is 4.98 Å². The number of nitrogens with zero attached hydrogens (tertiary/aromatic N) is 5. The van der Waals surface area contributed by atoms with Gasteiger partial charge in [0.05, 0.1) is 12.4 Å². The second-order valence-corrected chi connectivity index (χ2v) is 3.61. The second kappa shape index (κ2) is 4.38. The zero-order valence-corrected chi connectivity index (χ0v) is 9.39. The van der Waals surface area contributed by atoms with Crippen molar-refractivity contribution in [3.05, 3.63) is 42.2 Å². The maximum absolute atomic E-state index is 5.75. The Morgan fingerprint density at radius 2 is 2.11 bits per heavy atom. The van der Waals surface area contributed by atoms with E-state index in [1.54, 1.807) is 12.4 Å². The van der Waals surface area contributed by atoms with E-state index in [-0.39, 0.29) is 0 Å². The molecule has 0 saturated heterocycles. The number of tetrazole rings is 1. The Morgan fingerprint density at radius 1 is 1.22 bits per heavy atom. The van der Waals surface area contributed by atoms with Crippen LogP contribution in [0.2, 0.25) is 0 Å². The highest BCUT2D eigenvalue weighted by atomic mass is 16.5. The number of aromatic nitrogens is 5. The standard InChI is InChI=1S/C11H10N6O/c12-5-8-3-1-2-4-9(8)18-11-7-13-6-10-14-15-16-17(10)11/h1-4,6-7H,5,12H2. The summed E-state index contributed by atoms with van der Waals surface area (Å²) in [5, 5.41) is 11.2. The fourth-order valence-corrected chi connectivity index (χ4v) is 1.61. The summed E-state index contributed by atoms with van der Waals surface area (Å²) < 4.78 is 7.22. The van der Waals surface area contributed by atoms with Gasteiger partial charge in [-0.1, -0.05) is 18.2 Å². The quantitative estimate of drug-likeness (QED) is 0.729. The lowest BCUT2D eigenvalue weighted by Crippen LogP contribution is -2.02. The van der Waals surface area contributed by atoms with E-state index in [4.69, 9.17) is 10.5 Å². The molecule has 7 nitrogen and oxygen atoms in total. The van der Waals surface area contributed by atoms with Crippen molar-refractivity contribution in [1.82, 2.24) is 25.0 Å². The summed E-state index contributed by atoms with van der Waals surface area (Å²) >= 11 is 0. The van der Waals surface area contributed by atoms with Crippen molar-refractivity contribution >= 4 is 5.65 Å². The van der Waals surface area contributed by atoms with Crippen molar-refractivity contribution in [2.24, 2.45) is 5.73 Å². The van der Waals surface area contributed by atoms with E-state index in [1.807, 2.05) is 24.3 Å². The SMILES string of the molecule is NCc1ccccc1Oc1cncc2nnnn12. The topological polar surface area (TPSA) is 91.2 Å². The van der Waals surface area contributed by atoms with Gasteiger partial charge in [-0.25, -0.2) is 0 Å². The zero-order chi connectivity index (χ0) is 12.4. The molecule has 3 rings (SSSR count).